The van der Waals surface area contributed by atoms with Gasteiger partial charge in [-0.05, 0) is 24.7 Å². The summed E-state index contributed by atoms with van der Waals surface area (Å²) < 4.78 is 165. The Balaban J connectivity index is 2.04. The van der Waals surface area contributed by atoms with Crippen molar-refractivity contribution in [3.63, 3.8) is 0 Å². The molecule has 2 saturated carbocycles. The molecule has 0 amide bonds. The molecule has 158 valence electrons. The fraction of sp³-hybridized carbons (Fsp3) is 1.00. The molecule has 0 aromatic carbocycles. The zero-order valence-electron chi connectivity index (χ0n) is 12.7. The third kappa shape index (κ3) is 2.88. The lowest BCUT2D eigenvalue weighted by molar-refractivity contribution is -0.393. The Labute approximate surface area is 142 Å². The molecule has 3 unspecified atom stereocenters. The summed E-state index contributed by atoms with van der Waals surface area (Å²) in [6.07, 6.45) is -33.9. The molecule has 0 N–H and O–H groups in total. The van der Waals surface area contributed by atoms with E-state index in [1.54, 1.807) is 0 Å². The molecule has 5 atom stereocenters. The largest absolute Gasteiger partial charge is 0.426 e. The average molecular weight is 426 g/mol. The summed E-state index contributed by atoms with van der Waals surface area (Å²) in [6.45, 7) is 0. The monoisotopic (exact) mass is 426 g/mol. The molecule has 3 aliphatic rings. The predicted molar refractivity (Wildman–Crippen MR) is 60.2 cm³/mol. The van der Waals surface area contributed by atoms with Gasteiger partial charge in [-0.1, -0.05) is 0 Å². The van der Waals surface area contributed by atoms with Gasteiger partial charge in [-0.2, -0.15) is 52.7 Å². The lowest BCUT2D eigenvalue weighted by Crippen LogP contribution is -2.63. The Morgan fingerprint density at radius 3 is 1.67 bits per heavy atom. The second kappa shape index (κ2) is 5.57. The Morgan fingerprint density at radius 1 is 0.778 bits per heavy atom. The van der Waals surface area contributed by atoms with Gasteiger partial charge in [-0.25, -0.2) is 0 Å². The summed E-state index contributed by atoms with van der Waals surface area (Å²) in [7, 11) is 0. The van der Waals surface area contributed by atoms with Crippen molar-refractivity contribution in [2.75, 3.05) is 0 Å². The van der Waals surface area contributed by atoms with Gasteiger partial charge in [-0.3, -0.25) is 0 Å². The Bertz CT molecular complexity index is 558. The zero-order valence-corrected chi connectivity index (χ0v) is 12.7. The molecular formula is C13H10F12O2. The van der Waals surface area contributed by atoms with Crippen LogP contribution in [0.3, 0.4) is 0 Å². The molecule has 1 aliphatic heterocycles. The second-order valence-corrected chi connectivity index (χ2v) is 6.87. The van der Waals surface area contributed by atoms with Crippen LogP contribution in [0.4, 0.5) is 52.7 Å². The predicted octanol–water partition coefficient (Wildman–Crippen LogP) is 4.78. The minimum absolute atomic E-state index is 0.434. The molecule has 0 spiro atoms. The van der Waals surface area contributed by atoms with Gasteiger partial charge in [0.2, 0.25) is 6.10 Å². The van der Waals surface area contributed by atoms with Gasteiger partial charge in [0.1, 0.15) is 0 Å². The summed E-state index contributed by atoms with van der Waals surface area (Å²) in [5, 5.41) is 0. The molecule has 1 heterocycles. The van der Waals surface area contributed by atoms with E-state index in [0.29, 0.717) is 0 Å². The van der Waals surface area contributed by atoms with Crippen LogP contribution >= 0.6 is 0 Å². The van der Waals surface area contributed by atoms with Crippen molar-refractivity contribution in [2.24, 2.45) is 17.8 Å². The van der Waals surface area contributed by atoms with E-state index in [0.717, 1.165) is 0 Å². The standard InChI is InChI=1S/C13H10F12O2/c14-10(15,16)8(11(17,18)19)26-7-3-1-4-5(2-3)27-9(6(4)7,12(20,21)22)13(23,24)25/h3-8H,1-2H2/t3-,4+,5?,6?,7?/m1/s1. The number of rotatable bonds is 2. The van der Waals surface area contributed by atoms with E-state index >= 15 is 0 Å². The molecule has 0 aromatic heterocycles. The van der Waals surface area contributed by atoms with Crippen molar-refractivity contribution in [3.8, 4) is 0 Å². The SMILES string of the molecule is FC(F)(F)C(OC1C2[C@H]3C[C@@H]1CC3OC2(C(F)(F)F)C(F)(F)F)C(F)(F)F. The molecule has 2 bridgehead atoms. The molecule has 3 rings (SSSR count). The molecule has 0 radical (unpaired) electrons. The third-order valence-electron chi connectivity index (χ3n) is 5.40. The first kappa shape index (κ1) is 20.8. The molecule has 0 aromatic rings. The first-order chi connectivity index (χ1) is 11.9. The maximum atomic E-state index is 13.4. The van der Waals surface area contributed by atoms with Crippen molar-refractivity contribution >= 4 is 0 Å². The minimum atomic E-state index is -6.10. The van der Waals surface area contributed by atoms with Gasteiger partial charge in [-0.15, -0.1) is 0 Å². The highest BCUT2D eigenvalue weighted by molar-refractivity contribution is 5.20. The van der Waals surface area contributed by atoms with Crippen molar-refractivity contribution in [1.82, 2.24) is 0 Å². The number of halogens is 12. The van der Waals surface area contributed by atoms with E-state index in [4.69, 9.17) is 0 Å². The van der Waals surface area contributed by atoms with Gasteiger partial charge >= 0.3 is 24.7 Å². The first-order valence-electron chi connectivity index (χ1n) is 7.51. The minimum Gasteiger partial charge on any atom is -0.357 e. The van der Waals surface area contributed by atoms with Crippen LogP contribution in [0.15, 0.2) is 0 Å². The third-order valence-corrected chi connectivity index (χ3v) is 5.40. The van der Waals surface area contributed by atoms with E-state index in [-0.39, 0.29) is 0 Å². The molecule has 14 heteroatoms. The smallest absolute Gasteiger partial charge is 0.357 e. The normalized spacial score (nSPS) is 36.1. The van der Waals surface area contributed by atoms with Gasteiger partial charge in [0.25, 0.3) is 5.60 Å². The quantitative estimate of drug-likeness (QED) is 0.592. The Kier molecular flexibility index (Phi) is 4.29. The Morgan fingerprint density at radius 2 is 1.26 bits per heavy atom. The van der Waals surface area contributed by atoms with Crippen LogP contribution in [0.5, 0.6) is 0 Å². The summed E-state index contributed by atoms with van der Waals surface area (Å²) in [5.74, 6) is -5.57. The van der Waals surface area contributed by atoms with Crippen LogP contribution in [0.1, 0.15) is 12.8 Å². The zero-order chi connectivity index (χ0) is 20.8. The average Bonchev–Trinajstić information content (AvgIpc) is 2.97. The summed E-state index contributed by atoms with van der Waals surface area (Å²) in [6, 6.07) is 0. The van der Waals surface area contributed by atoms with E-state index in [2.05, 4.69) is 9.47 Å². The van der Waals surface area contributed by atoms with Crippen LogP contribution in [0.25, 0.3) is 0 Å². The van der Waals surface area contributed by atoms with E-state index in [9.17, 15) is 52.7 Å². The highest BCUT2D eigenvalue weighted by atomic mass is 19.4. The topological polar surface area (TPSA) is 18.5 Å². The van der Waals surface area contributed by atoms with E-state index < -0.39 is 79.2 Å². The van der Waals surface area contributed by atoms with Gasteiger partial charge < -0.3 is 9.47 Å². The van der Waals surface area contributed by atoms with Crippen molar-refractivity contribution in [3.05, 3.63) is 0 Å². The van der Waals surface area contributed by atoms with Gasteiger partial charge in [0.05, 0.1) is 12.2 Å². The molecule has 2 aliphatic carbocycles. The lowest BCUT2D eigenvalue weighted by Gasteiger charge is -2.40. The van der Waals surface area contributed by atoms with Crippen LogP contribution in [-0.4, -0.2) is 48.6 Å². The first-order valence-corrected chi connectivity index (χ1v) is 7.51. The van der Waals surface area contributed by atoms with Crippen LogP contribution in [-0.2, 0) is 9.47 Å². The summed E-state index contributed by atoms with van der Waals surface area (Å²) in [5.41, 5.74) is -4.87. The van der Waals surface area contributed by atoms with Crippen molar-refractivity contribution in [1.29, 1.82) is 0 Å². The summed E-state index contributed by atoms with van der Waals surface area (Å²) in [4.78, 5) is 0. The van der Waals surface area contributed by atoms with Crippen LogP contribution in [0.2, 0.25) is 0 Å². The summed E-state index contributed by atoms with van der Waals surface area (Å²) >= 11 is 0. The number of hydrogen-bond acceptors (Lipinski definition) is 2. The highest BCUT2D eigenvalue weighted by Crippen LogP contribution is 2.68. The van der Waals surface area contributed by atoms with Crippen LogP contribution in [0, 0.1) is 17.8 Å². The molecule has 2 nitrogen and oxygen atoms in total. The van der Waals surface area contributed by atoms with E-state index in [1.165, 1.54) is 0 Å². The Hall–Kier alpha value is -0.920. The fourth-order valence-electron chi connectivity index (χ4n) is 4.60. The van der Waals surface area contributed by atoms with Crippen LogP contribution < -0.4 is 0 Å². The molecule has 3 fully saturated rings. The second-order valence-electron chi connectivity index (χ2n) is 6.87. The molecule has 1 saturated heterocycles. The van der Waals surface area contributed by atoms with Gasteiger partial charge in [0.15, 0.2) is 0 Å². The van der Waals surface area contributed by atoms with E-state index in [1.807, 2.05) is 0 Å². The highest BCUT2D eigenvalue weighted by Gasteiger charge is 2.85. The number of ether oxygens (including phenoxy) is 2. The maximum Gasteiger partial charge on any atom is 0.426 e. The lowest BCUT2D eigenvalue weighted by atomic mass is 9.76. The number of hydrogen-bond donors (Lipinski definition) is 0. The van der Waals surface area contributed by atoms with Crippen molar-refractivity contribution < 1.29 is 62.2 Å². The maximum absolute atomic E-state index is 13.4. The molecule has 27 heavy (non-hydrogen) atoms. The van der Waals surface area contributed by atoms with Crippen molar-refractivity contribution in [2.45, 2.75) is 61.5 Å². The fourth-order valence-corrected chi connectivity index (χ4v) is 4.60. The van der Waals surface area contributed by atoms with Gasteiger partial charge in [0, 0.05) is 5.92 Å². The number of fused-ring (bicyclic) bond motifs is 1. The molecular weight excluding hydrogens is 416 g/mol. The number of alkyl halides is 12.